The van der Waals surface area contributed by atoms with Crippen molar-refractivity contribution >= 4 is 11.8 Å². The molecule has 6 fully saturated rings. The summed E-state index contributed by atoms with van der Waals surface area (Å²) in [4.78, 5) is 26.0. The second kappa shape index (κ2) is 8.79. The number of Topliss-reactive ketones (excluding diaryl/α,β-unsaturated/α-hetero) is 1. The van der Waals surface area contributed by atoms with E-state index < -0.39 is 89.0 Å². The van der Waals surface area contributed by atoms with E-state index in [9.17, 15) is 35.1 Å². The molecule has 1 spiro atoms. The summed E-state index contributed by atoms with van der Waals surface area (Å²) in [5.74, 6) is -1.86. The van der Waals surface area contributed by atoms with Crippen LogP contribution in [0, 0.1) is 28.6 Å². The quantitative estimate of drug-likeness (QED) is 0.173. The van der Waals surface area contributed by atoms with E-state index >= 15 is 0 Å². The zero-order valence-electron chi connectivity index (χ0n) is 22.8. The highest BCUT2D eigenvalue weighted by Crippen LogP contribution is 2.76. The van der Waals surface area contributed by atoms with Crippen molar-refractivity contribution in [2.45, 2.75) is 119 Å². The molecule has 0 bridgehead atoms. The summed E-state index contributed by atoms with van der Waals surface area (Å²) in [7, 11) is 0. The molecule has 0 radical (unpaired) electrons. The van der Waals surface area contributed by atoms with E-state index in [-0.39, 0.29) is 24.5 Å². The van der Waals surface area contributed by atoms with Crippen molar-refractivity contribution < 1.29 is 54.1 Å². The van der Waals surface area contributed by atoms with E-state index in [2.05, 4.69) is 6.92 Å². The number of fused-ring (bicyclic) bond motifs is 3. The number of carbonyl (C=O) groups excluding carboxylic acids is 2. The fraction of sp³-hybridized carbons (Fsp3) is 0.862. The molecule has 7 aliphatic rings. The van der Waals surface area contributed by atoms with Crippen LogP contribution in [0.25, 0.3) is 0 Å². The van der Waals surface area contributed by atoms with Crippen molar-refractivity contribution in [2.24, 2.45) is 28.6 Å². The molecule has 3 aliphatic heterocycles. The molecular weight excluding hydrogens is 524 g/mol. The van der Waals surface area contributed by atoms with E-state index in [0.29, 0.717) is 38.5 Å². The summed E-state index contributed by atoms with van der Waals surface area (Å²) in [6.45, 7) is 3.38. The molecule has 4 saturated carbocycles. The van der Waals surface area contributed by atoms with Gasteiger partial charge < -0.3 is 44.5 Å². The molecule has 15 atom stereocenters. The zero-order valence-corrected chi connectivity index (χ0v) is 22.8. The molecule has 3 heterocycles. The van der Waals surface area contributed by atoms with E-state index in [0.717, 1.165) is 0 Å². The Bertz CT molecular complexity index is 1130. The van der Waals surface area contributed by atoms with E-state index in [4.69, 9.17) is 18.9 Å². The minimum Gasteiger partial charge on any atom is -0.455 e. The largest absolute Gasteiger partial charge is 0.455 e. The molecule has 11 nitrogen and oxygen atoms in total. The Morgan fingerprint density at radius 2 is 1.85 bits per heavy atom. The molecule has 40 heavy (non-hydrogen) atoms. The summed E-state index contributed by atoms with van der Waals surface area (Å²) in [5.41, 5.74) is -4.36. The summed E-state index contributed by atoms with van der Waals surface area (Å²) >= 11 is 0. The third-order valence-corrected chi connectivity index (χ3v) is 12.2. The van der Waals surface area contributed by atoms with Gasteiger partial charge >= 0.3 is 5.97 Å². The van der Waals surface area contributed by atoms with Crippen molar-refractivity contribution in [3.05, 3.63) is 12.2 Å². The van der Waals surface area contributed by atoms with Gasteiger partial charge in [0.15, 0.2) is 12.1 Å². The molecule has 4 aliphatic carbocycles. The second-order valence-electron chi connectivity index (χ2n) is 13.7. The molecule has 5 N–H and O–H groups in total. The van der Waals surface area contributed by atoms with Crippen LogP contribution in [0.2, 0.25) is 0 Å². The highest BCUT2D eigenvalue weighted by Gasteiger charge is 2.88. The first-order valence-electron chi connectivity index (χ1n) is 14.7. The third-order valence-electron chi connectivity index (χ3n) is 12.2. The molecular formula is C29H40O11. The van der Waals surface area contributed by atoms with Crippen molar-refractivity contribution in [3.8, 4) is 0 Å². The van der Waals surface area contributed by atoms with Crippen molar-refractivity contribution in [1.82, 2.24) is 0 Å². The van der Waals surface area contributed by atoms with Gasteiger partial charge in [-0.25, -0.2) is 4.79 Å². The van der Waals surface area contributed by atoms with Crippen molar-refractivity contribution in [3.63, 3.8) is 0 Å². The topological polar surface area (TPSA) is 176 Å². The lowest BCUT2D eigenvalue weighted by molar-refractivity contribution is -0.278. The normalized spacial score (nSPS) is 58.5. The lowest BCUT2D eigenvalue weighted by Gasteiger charge is -2.62. The number of ketones is 1. The van der Waals surface area contributed by atoms with Gasteiger partial charge in [-0.2, -0.15) is 0 Å². The fourth-order valence-corrected chi connectivity index (χ4v) is 10.1. The lowest BCUT2D eigenvalue weighted by Crippen LogP contribution is -2.76. The van der Waals surface area contributed by atoms with Crippen LogP contribution >= 0.6 is 0 Å². The maximum absolute atomic E-state index is 14.1. The van der Waals surface area contributed by atoms with Crippen LogP contribution < -0.4 is 0 Å². The van der Waals surface area contributed by atoms with E-state index in [1.165, 1.54) is 6.08 Å². The fourth-order valence-electron chi connectivity index (χ4n) is 10.1. The Labute approximate surface area is 232 Å². The number of hydrogen-bond acceptors (Lipinski definition) is 11. The predicted molar refractivity (Wildman–Crippen MR) is 134 cm³/mol. The number of hydrogen-bond donors (Lipinski definition) is 5. The maximum atomic E-state index is 14.1. The van der Waals surface area contributed by atoms with Gasteiger partial charge in [-0.3, -0.25) is 4.79 Å². The number of ether oxygens (including phenoxy) is 4. The lowest BCUT2D eigenvalue weighted by atomic mass is 9.41. The van der Waals surface area contributed by atoms with Gasteiger partial charge in [0.25, 0.3) is 0 Å². The molecule has 0 aromatic heterocycles. The molecule has 11 heteroatoms. The van der Waals surface area contributed by atoms with Crippen molar-refractivity contribution in [1.29, 1.82) is 0 Å². The highest BCUT2D eigenvalue weighted by atomic mass is 16.7. The van der Waals surface area contributed by atoms with Gasteiger partial charge in [0.05, 0.1) is 30.3 Å². The van der Waals surface area contributed by atoms with E-state index in [1.54, 1.807) is 13.0 Å². The molecule has 0 aromatic rings. The number of esters is 1. The highest BCUT2D eigenvalue weighted by molar-refractivity contribution is 5.93. The first kappa shape index (κ1) is 27.4. The van der Waals surface area contributed by atoms with Gasteiger partial charge in [0.2, 0.25) is 0 Å². The Hall–Kier alpha value is -1.44. The molecule has 0 amide bonds. The molecule has 0 aromatic carbocycles. The first-order valence-corrected chi connectivity index (χ1v) is 14.7. The number of rotatable bonds is 4. The summed E-state index contributed by atoms with van der Waals surface area (Å²) in [6.07, 6.45) is 0.0482. The van der Waals surface area contributed by atoms with Gasteiger partial charge in [-0.15, -0.1) is 0 Å². The van der Waals surface area contributed by atoms with Crippen LogP contribution in [0.3, 0.4) is 0 Å². The zero-order chi connectivity index (χ0) is 28.4. The SMILES string of the molecule is CC12CCC(OC3CC(O)C(O)C(CO)O3)CC1CC1OC13C2C(O)C(=O)C1(C)C(C2C=CC(=O)O2)CCC13O. The molecule has 222 valence electrons. The van der Waals surface area contributed by atoms with Crippen LogP contribution in [0.15, 0.2) is 12.2 Å². The summed E-state index contributed by atoms with van der Waals surface area (Å²) in [6, 6.07) is 0. The standard InChI is InChI=1S/C29H40O11/c1-26-7-5-14(37-21-11-16(31)22(33)18(12-30)39-21)9-13(26)10-19-29(40-19)24(26)23(34)25(35)27(2)15(6-8-28(27,29)36)17-3-4-20(32)38-17/h3-4,13-19,21-24,30-31,33-34,36H,5-12H2,1-2H3. The third kappa shape index (κ3) is 3.29. The van der Waals surface area contributed by atoms with Gasteiger partial charge in [0.1, 0.15) is 35.6 Å². The van der Waals surface area contributed by atoms with Gasteiger partial charge in [0, 0.05) is 24.3 Å². The number of carbonyl (C=O) groups is 2. The van der Waals surface area contributed by atoms with Crippen LogP contribution in [0.5, 0.6) is 0 Å². The average molecular weight is 565 g/mol. The Kier molecular flexibility index (Phi) is 6.02. The average Bonchev–Trinajstić information content (AvgIpc) is 3.36. The van der Waals surface area contributed by atoms with Crippen molar-refractivity contribution in [2.75, 3.05) is 6.61 Å². The van der Waals surface area contributed by atoms with Crippen LogP contribution in [-0.2, 0) is 28.5 Å². The van der Waals surface area contributed by atoms with Crippen LogP contribution in [0.1, 0.15) is 58.8 Å². The Morgan fingerprint density at radius 3 is 2.55 bits per heavy atom. The smallest absolute Gasteiger partial charge is 0.331 e. The minimum atomic E-state index is -1.49. The number of aliphatic hydroxyl groups excluding tert-OH is 4. The summed E-state index contributed by atoms with van der Waals surface area (Å²) in [5, 5.41) is 54.0. The number of epoxide rings is 1. The monoisotopic (exact) mass is 564 g/mol. The predicted octanol–water partition coefficient (Wildman–Crippen LogP) is -0.263. The molecule has 2 saturated heterocycles. The maximum Gasteiger partial charge on any atom is 0.331 e. The van der Waals surface area contributed by atoms with Crippen LogP contribution in [-0.4, -0.2) is 104 Å². The molecule has 7 rings (SSSR count). The Balaban J connectivity index is 1.14. The number of cyclic esters (lactones) is 1. The minimum absolute atomic E-state index is 0.0518. The second-order valence-corrected chi connectivity index (χ2v) is 13.7. The first-order chi connectivity index (χ1) is 18.9. The number of aliphatic hydroxyl groups is 5. The van der Waals surface area contributed by atoms with Gasteiger partial charge in [-0.05, 0) is 62.9 Å². The Morgan fingerprint density at radius 1 is 1.07 bits per heavy atom. The van der Waals surface area contributed by atoms with Crippen LogP contribution in [0.4, 0.5) is 0 Å². The van der Waals surface area contributed by atoms with E-state index in [1.807, 2.05) is 0 Å². The molecule has 15 unspecified atom stereocenters. The summed E-state index contributed by atoms with van der Waals surface area (Å²) < 4.78 is 23.8. The van der Waals surface area contributed by atoms with Gasteiger partial charge in [-0.1, -0.05) is 6.92 Å².